The van der Waals surface area contributed by atoms with Gasteiger partial charge in [0.25, 0.3) is 0 Å². The number of nitrogens with zero attached hydrogens (tertiary/aromatic N) is 5. The van der Waals surface area contributed by atoms with Crippen LogP contribution in [0.1, 0.15) is 6.42 Å². The van der Waals surface area contributed by atoms with Crippen molar-refractivity contribution in [1.82, 2.24) is 24.9 Å². The summed E-state index contributed by atoms with van der Waals surface area (Å²) in [5, 5.41) is 21.7. The van der Waals surface area contributed by atoms with Gasteiger partial charge >= 0.3 is 0 Å². The van der Waals surface area contributed by atoms with Crippen molar-refractivity contribution in [3.8, 4) is 11.3 Å². The molecule has 0 saturated carbocycles. The Hall–Kier alpha value is -2.46. The maximum Gasteiger partial charge on any atom is 0.223 e. The largest absolute Gasteiger partial charge is 0.389 e. The lowest BCUT2D eigenvalue weighted by atomic mass is 10.1. The Morgan fingerprint density at radius 1 is 1.23 bits per heavy atom. The maximum atomic E-state index is 10.1. The first-order chi connectivity index (χ1) is 14.7. The highest BCUT2D eigenvalue weighted by Gasteiger charge is 2.25. The van der Waals surface area contributed by atoms with Gasteiger partial charge in [0.1, 0.15) is 0 Å². The zero-order chi connectivity index (χ0) is 20.5. The van der Waals surface area contributed by atoms with Crippen LogP contribution in [0.2, 0.25) is 5.02 Å². The first-order valence-corrected chi connectivity index (χ1v) is 10.5. The first kappa shape index (κ1) is 19.5. The molecule has 3 aromatic heterocycles. The number of hydrogen-bond acceptors (Lipinski definition) is 8. The van der Waals surface area contributed by atoms with Crippen molar-refractivity contribution in [2.75, 3.05) is 49.6 Å². The molecule has 9 nitrogen and oxygen atoms in total. The van der Waals surface area contributed by atoms with E-state index < -0.39 is 6.10 Å². The van der Waals surface area contributed by atoms with Crippen molar-refractivity contribution >= 4 is 28.8 Å². The van der Waals surface area contributed by atoms with E-state index in [1.54, 1.807) is 12.4 Å². The van der Waals surface area contributed by atoms with Gasteiger partial charge in [0.15, 0.2) is 0 Å². The molecule has 0 aliphatic carbocycles. The Morgan fingerprint density at radius 3 is 2.93 bits per heavy atom. The van der Waals surface area contributed by atoms with E-state index in [4.69, 9.17) is 16.3 Å². The molecule has 10 heteroatoms. The number of ether oxygens (including phenoxy) is 1. The van der Waals surface area contributed by atoms with Gasteiger partial charge in [-0.3, -0.25) is 0 Å². The zero-order valence-corrected chi connectivity index (χ0v) is 17.2. The third-order valence-electron chi connectivity index (χ3n) is 5.62. The van der Waals surface area contributed by atoms with E-state index >= 15 is 0 Å². The molecule has 0 spiro atoms. The van der Waals surface area contributed by atoms with Crippen LogP contribution >= 0.6 is 11.6 Å². The number of aliphatic hydroxyl groups excluding tert-OH is 1. The van der Waals surface area contributed by atoms with Crippen molar-refractivity contribution in [3.05, 3.63) is 35.7 Å². The number of aromatic nitrogens is 4. The third-order valence-corrected chi connectivity index (χ3v) is 5.90. The van der Waals surface area contributed by atoms with E-state index in [0.717, 1.165) is 42.9 Å². The normalized spacial score (nSPS) is 22.4. The van der Waals surface area contributed by atoms with E-state index in [0.29, 0.717) is 36.3 Å². The standard InChI is InChI=1S/C20H24ClN7O2/c21-15-10-23-20(25-16-3-8-30-12-18(16)29)26-19(15)14-9-24-28-11-13(1-2-17(14)28)27-6-4-22-5-7-27/h1-2,9-11,16,18,22,29H,3-8,12H2,(H,23,25,26)/t16-,18+/m0/s1. The summed E-state index contributed by atoms with van der Waals surface area (Å²) in [5.74, 6) is 0.428. The topological polar surface area (TPSA) is 99.8 Å². The fourth-order valence-electron chi connectivity index (χ4n) is 3.95. The lowest BCUT2D eigenvalue weighted by molar-refractivity contribution is -0.0136. The van der Waals surface area contributed by atoms with E-state index in [-0.39, 0.29) is 6.04 Å². The Kier molecular flexibility index (Phi) is 5.43. The second-order valence-corrected chi connectivity index (χ2v) is 7.99. The fourth-order valence-corrected chi connectivity index (χ4v) is 4.14. The number of aliphatic hydroxyl groups is 1. The van der Waals surface area contributed by atoms with Gasteiger partial charge in [-0.25, -0.2) is 14.5 Å². The molecule has 0 aromatic carbocycles. The first-order valence-electron chi connectivity index (χ1n) is 10.2. The van der Waals surface area contributed by atoms with Crippen molar-refractivity contribution < 1.29 is 9.84 Å². The molecule has 2 aliphatic heterocycles. The number of fused-ring (bicyclic) bond motifs is 1. The molecule has 2 fully saturated rings. The summed E-state index contributed by atoms with van der Waals surface area (Å²) in [6.07, 6.45) is 5.49. The average Bonchev–Trinajstić information content (AvgIpc) is 3.20. The molecule has 0 radical (unpaired) electrons. The van der Waals surface area contributed by atoms with Gasteiger partial charge < -0.3 is 25.4 Å². The van der Waals surface area contributed by atoms with Crippen molar-refractivity contribution in [1.29, 1.82) is 0 Å². The number of rotatable bonds is 4. The molecule has 0 bridgehead atoms. The minimum atomic E-state index is -0.595. The predicted octanol–water partition coefficient (Wildman–Crippen LogP) is 1.42. The number of nitrogens with one attached hydrogen (secondary N) is 2. The number of anilines is 2. The summed E-state index contributed by atoms with van der Waals surface area (Å²) in [4.78, 5) is 11.3. The SMILES string of the molecule is O[C@@H]1COCC[C@@H]1Nc1ncc(Cl)c(-c2cnn3cc(N4CCNCC4)ccc23)n1. The fraction of sp³-hybridized carbons (Fsp3) is 0.450. The smallest absolute Gasteiger partial charge is 0.223 e. The maximum absolute atomic E-state index is 10.1. The number of piperazine rings is 1. The zero-order valence-electron chi connectivity index (χ0n) is 16.5. The lowest BCUT2D eigenvalue weighted by Gasteiger charge is -2.29. The average molecular weight is 430 g/mol. The summed E-state index contributed by atoms with van der Waals surface area (Å²) in [7, 11) is 0. The van der Waals surface area contributed by atoms with Crippen LogP contribution in [0.4, 0.5) is 11.6 Å². The van der Waals surface area contributed by atoms with Crippen LogP contribution in [-0.4, -0.2) is 76.2 Å². The van der Waals surface area contributed by atoms with Crippen LogP contribution < -0.4 is 15.5 Å². The Balaban J connectivity index is 1.44. The number of pyridine rings is 1. The van der Waals surface area contributed by atoms with Crippen molar-refractivity contribution in [3.63, 3.8) is 0 Å². The van der Waals surface area contributed by atoms with Gasteiger partial charge in [0.2, 0.25) is 5.95 Å². The van der Waals surface area contributed by atoms with Crippen LogP contribution in [0, 0.1) is 0 Å². The van der Waals surface area contributed by atoms with E-state index in [2.05, 4.69) is 36.7 Å². The van der Waals surface area contributed by atoms with E-state index in [1.807, 2.05) is 16.8 Å². The Labute approximate surface area is 179 Å². The minimum absolute atomic E-state index is 0.154. The van der Waals surface area contributed by atoms with Crippen LogP contribution in [-0.2, 0) is 4.74 Å². The highest BCUT2D eigenvalue weighted by atomic mass is 35.5. The van der Waals surface area contributed by atoms with E-state index in [9.17, 15) is 5.11 Å². The molecule has 158 valence electrons. The monoisotopic (exact) mass is 429 g/mol. The minimum Gasteiger partial charge on any atom is -0.389 e. The second-order valence-electron chi connectivity index (χ2n) is 7.58. The summed E-state index contributed by atoms with van der Waals surface area (Å²) in [6.45, 7) is 4.82. The molecular weight excluding hydrogens is 406 g/mol. The Bertz CT molecular complexity index is 1040. The molecule has 5 rings (SSSR count). The highest BCUT2D eigenvalue weighted by molar-refractivity contribution is 6.33. The summed E-state index contributed by atoms with van der Waals surface area (Å²) in [5.41, 5.74) is 3.51. The molecule has 3 N–H and O–H groups in total. The van der Waals surface area contributed by atoms with Gasteiger partial charge in [0, 0.05) is 38.3 Å². The summed E-state index contributed by atoms with van der Waals surface area (Å²) >= 11 is 6.44. The molecule has 2 saturated heterocycles. The molecule has 5 heterocycles. The lowest BCUT2D eigenvalue weighted by Crippen LogP contribution is -2.43. The van der Waals surface area contributed by atoms with Crippen LogP contribution in [0.3, 0.4) is 0 Å². The quantitative estimate of drug-likeness (QED) is 0.572. The van der Waals surface area contributed by atoms with Gasteiger partial charge in [-0.05, 0) is 18.6 Å². The Morgan fingerprint density at radius 2 is 2.10 bits per heavy atom. The van der Waals surface area contributed by atoms with Gasteiger partial charge in [-0.15, -0.1) is 0 Å². The van der Waals surface area contributed by atoms with Crippen LogP contribution in [0.25, 0.3) is 16.8 Å². The van der Waals surface area contributed by atoms with Crippen molar-refractivity contribution in [2.45, 2.75) is 18.6 Å². The summed E-state index contributed by atoms with van der Waals surface area (Å²) in [6, 6.07) is 4.00. The number of halogens is 1. The van der Waals surface area contributed by atoms with Crippen LogP contribution in [0.15, 0.2) is 30.7 Å². The van der Waals surface area contributed by atoms with Crippen molar-refractivity contribution in [2.24, 2.45) is 0 Å². The molecule has 2 aliphatic rings. The molecule has 0 unspecified atom stereocenters. The highest BCUT2D eigenvalue weighted by Crippen LogP contribution is 2.31. The molecule has 3 aromatic rings. The molecule has 0 amide bonds. The number of hydrogen-bond donors (Lipinski definition) is 3. The van der Waals surface area contributed by atoms with Crippen LogP contribution in [0.5, 0.6) is 0 Å². The summed E-state index contributed by atoms with van der Waals surface area (Å²) < 4.78 is 7.14. The predicted molar refractivity (Wildman–Crippen MR) is 115 cm³/mol. The molecular formula is C20H24ClN7O2. The van der Waals surface area contributed by atoms with Gasteiger partial charge in [-0.1, -0.05) is 11.6 Å². The van der Waals surface area contributed by atoms with Gasteiger partial charge in [0.05, 0.1) is 59.3 Å². The van der Waals surface area contributed by atoms with Gasteiger partial charge in [-0.2, -0.15) is 5.10 Å². The molecule has 2 atom stereocenters. The molecule has 30 heavy (non-hydrogen) atoms. The van der Waals surface area contributed by atoms with E-state index in [1.165, 1.54) is 0 Å². The third kappa shape index (κ3) is 3.81. The second kappa shape index (κ2) is 8.35.